The molecule has 0 aliphatic carbocycles. The highest BCUT2D eigenvalue weighted by atomic mass is 35.5. The molecule has 1 aromatic carbocycles. The summed E-state index contributed by atoms with van der Waals surface area (Å²) in [6.45, 7) is 0. The van der Waals surface area contributed by atoms with Gasteiger partial charge in [0.05, 0.1) is 16.8 Å². The van der Waals surface area contributed by atoms with Crippen molar-refractivity contribution in [2.75, 3.05) is 0 Å². The van der Waals surface area contributed by atoms with Gasteiger partial charge in [-0.15, -0.1) is 0 Å². The number of rotatable bonds is 3. The van der Waals surface area contributed by atoms with Crippen LogP contribution in [-0.4, -0.2) is 10.8 Å². The third-order valence-electron chi connectivity index (χ3n) is 2.42. The van der Waals surface area contributed by atoms with Crippen molar-refractivity contribution in [3.63, 3.8) is 0 Å². The van der Waals surface area contributed by atoms with Gasteiger partial charge in [0.15, 0.2) is 11.6 Å². The molecule has 0 aliphatic heterocycles. The smallest absolute Gasteiger partial charge is 0.170 e. The van der Waals surface area contributed by atoms with Gasteiger partial charge in [-0.25, -0.2) is 8.78 Å². The van der Waals surface area contributed by atoms with Crippen LogP contribution in [-0.2, 0) is 6.42 Å². The van der Waals surface area contributed by atoms with Gasteiger partial charge in [-0.2, -0.15) is 0 Å². The molecule has 2 aromatic rings. The quantitative estimate of drug-likeness (QED) is 0.798. The first-order chi connectivity index (χ1) is 8.58. The van der Waals surface area contributed by atoms with Gasteiger partial charge in [0.1, 0.15) is 5.82 Å². The number of hydrogen-bond donors (Lipinski definition) is 0. The van der Waals surface area contributed by atoms with E-state index in [0.29, 0.717) is 5.56 Å². The molecule has 0 N–H and O–H groups in total. The van der Waals surface area contributed by atoms with E-state index in [1.54, 1.807) is 0 Å². The Hall–Kier alpha value is -1.81. The standard InChI is InChI=1S/C13H8ClF2NO/c14-10-2-1-8(5-11(10)15)6-13(18)9-3-4-17-7-12(9)16/h1-5,7H,6H2. The molecule has 92 valence electrons. The van der Waals surface area contributed by atoms with E-state index in [0.717, 1.165) is 6.20 Å². The lowest BCUT2D eigenvalue weighted by molar-refractivity contribution is 0.0989. The molecule has 0 radical (unpaired) electrons. The lowest BCUT2D eigenvalue weighted by atomic mass is 10.0. The van der Waals surface area contributed by atoms with Gasteiger partial charge in [-0.1, -0.05) is 17.7 Å². The summed E-state index contributed by atoms with van der Waals surface area (Å²) in [5.41, 5.74) is 0.387. The van der Waals surface area contributed by atoms with Crippen LogP contribution in [0.4, 0.5) is 8.78 Å². The van der Waals surface area contributed by atoms with Crippen LogP contribution in [0, 0.1) is 11.6 Å². The molecule has 0 saturated carbocycles. The van der Waals surface area contributed by atoms with Crippen molar-refractivity contribution in [1.29, 1.82) is 0 Å². The number of nitrogens with zero attached hydrogens (tertiary/aromatic N) is 1. The minimum Gasteiger partial charge on any atom is -0.294 e. The summed E-state index contributed by atoms with van der Waals surface area (Å²) in [7, 11) is 0. The summed E-state index contributed by atoms with van der Waals surface area (Å²) in [5.74, 6) is -1.72. The van der Waals surface area contributed by atoms with Gasteiger partial charge in [0.25, 0.3) is 0 Å². The Kier molecular flexibility index (Phi) is 3.67. The van der Waals surface area contributed by atoms with Gasteiger partial charge in [0.2, 0.25) is 0 Å². The minimum absolute atomic E-state index is 0.0127. The van der Waals surface area contributed by atoms with Crippen molar-refractivity contribution in [3.8, 4) is 0 Å². The summed E-state index contributed by atoms with van der Waals surface area (Å²) in [4.78, 5) is 15.4. The van der Waals surface area contributed by atoms with E-state index < -0.39 is 17.4 Å². The molecule has 0 atom stereocenters. The average molecular weight is 268 g/mol. The fraction of sp³-hybridized carbons (Fsp3) is 0.0769. The summed E-state index contributed by atoms with van der Waals surface area (Å²) >= 11 is 5.53. The molecule has 18 heavy (non-hydrogen) atoms. The lowest BCUT2D eigenvalue weighted by Crippen LogP contribution is -2.06. The number of benzene rings is 1. The van der Waals surface area contributed by atoms with Crippen molar-refractivity contribution in [2.24, 2.45) is 0 Å². The highest BCUT2D eigenvalue weighted by molar-refractivity contribution is 6.30. The highest BCUT2D eigenvalue weighted by Gasteiger charge is 2.12. The van der Waals surface area contributed by atoms with Gasteiger partial charge < -0.3 is 0 Å². The van der Waals surface area contributed by atoms with Crippen molar-refractivity contribution in [3.05, 3.63) is 64.4 Å². The van der Waals surface area contributed by atoms with E-state index in [2.05, 4.69) is 4.98 Å². The molecule has 0 aliphatic rings. The van der Waals surface area contributed by atoms with E-state index in [4.69, 9.17) is 11.6 Å². The van der Waals surface area contributed by atoms with Crippen molar-refractivity contribution in [2.45, 2.75) is 6.42 Å². The second-order valence-electron chi connectivity index (χ2n) is 3.70. The van der Waals surface area contributed by atoms with E-state index in [-0.39, 0.29) is 17.0 Å². The van der Waals surface area contributed by atoms with E-state index in [1.165, 1.54) is 30.5 Å². The maximum atomic E-state index is 13.3. The molecular formula is C13H8ClF2NO. The maximum absolute atomic E-state index is 13.3. The van der Waals surface area contributed by atoms with Gasteiger partial charge in [-0.05, 0) is 23.8 Å². The first kappa shape index (κ1) is 12.6. The predicted molar refractivity (Wildman–Crippen MR) is 63.6 cm³/mol. The molecule has 1 aromatic heterocycles. The number of hydrogen-bond acceptors (Lipinski definition) is 2. The number of pyridine rings is 1. The number of aromatic nitrogens is 1. The van der Waals surface area contributed by atoms with Crippen LogP contribution < -0.4 is 0 Å². The largest absolute Gasteiger partial charge is 0.294 e. The maximum Gasteiger partial charge on any atom is 0.170 e. The normalized spacial score (nSPS) is 10.4. The van der Waals surface area contributed by atoms with Crippen molar-refractivity contribution < 1.29 is 13.6 Å². The molecule has 0 fully saturated rings. The fourth-order valence-corrected chi connectivity index (χ4v) is 1.65. The van der Waals surface area contributed by atoms with Gasteiger partial charge in [-0.3, -0.25) is 9.78 Å². The zero-order valence-electron chi connectivity index (χ0n) is 9.16. The van der Waals surface area contributed by atoms with Crippen LogP contribution in [0.1, 0.15) is 15.9 Å². The molecule has 0 unspecified atom stereocenters. The molecule has 0 amide bonds. The monoisotopic (exact) mass is 267 g/mol. The molecule has 0 bridgehead atoms. The third-order valence-corrected chi connectivity index (χ3v) is 2.73. The summed E-state index contributed by atoms with van der Waals surface area (Å²) in [6, 6.07) is 5.36. The van der Waals surface area contributed by atoms with Crippen LogP contribution in [0.25, 0.3) is 0 Å². The Morgan fingerprint density at radius 1 is 1.22 bits per heavy atom. The summed E-state index contributed by atoms with van der Waals surface area (Å²) < 4.78 is 26.5. The number of carbonyl (C=O) groups is 1. The number of Topliss-reactive ketones (excluding diaryl/α,β-unsaturated/α-hetero) is 1. The Bertz CT molecular complexity index is 601. The molecule has 5 heteroatoms. The van der Waals surface area contributed by atoms with Crippen LogP contribution in [0.2, 0.25) is 5.02 Å². The van der Waals surface area contributed by atoms with E-state index >= 15 is 0 Å². The van der Waals surface area contributed by atoms with Gasteiger partial charge >= 0.3 is 0 Å². The van der Waals surface area contributed by atoms with E-state index in [9.17, 15) is 13.6 Å². The Labute approximate surface area is 107 Å². The SMILES string of the molecule is O=C(Cc1ccc(Cl)c(F)c1)c1ccncc1F. The van der Waals surface area contributed by atoms with Gasteiger partial charge in [0, 0.05) is 12.6 Å². The van der Waals surface area contributed by atoms with E-state index in [1.807, 2.05) is 0 Å². The zero-order valence-corrected chi connectivity index (χ0v) is 9.92. The van der Waals surface area contributed by atoms with Crippen LogP contribution in [0.5, 0.6) is 0 Å². The topological polar surface area (TPSA) is 30.0 Å². The highest BCUT2D eigenvalue weighted by Crippen LogP contribution is 2.17. The number of ketones is 1. The third kappa shape index (κ3) is 2.71. The average Bonchev–Trinajstić information content (AvgIpc) is 2.34. The first-order valence-corrected chi connectivity index (χ1v) is 5.52. The zero-order chi connectivity index (χ0) is 13.1. The molecule has 2 rings (SSSR count). The van der Waals surface area contributed by atoms with Crippen LogP contribution in [0.15, 0.2) is 36.7 Å². The van der Waals surface area contributed by atoms with Crippen molar-refractivity contribution >= 4 is 17.4 Å². The molecular weight excluding hydrogens is 260 g/mol. The molecule has 0 saturated heterocycles. The Morgan fingerprint density at radius 3 is 2.67 bits per heavy atom. The predicted octanol–water partition coefficient (Wildman–Crippen LogP) is 3.44. The second-order valence-corrected chi connectivity index (χ2v) is 4.11. The van der Waals surface area contributed by atoms with Crippen molar-refractivity contribution in [1.82, 2.24) is 4.98 Å². The summed E-state index contributed by atoms with van der Waals surface area (Å²) in [5, 5.41) is -0.0127. The Balaban J connectivity index is 2.22. The number of carbonyl (C=O) groups excluding carboxylic acids is 1. The summed E-state index contributed by atoms with van der Waals surface area (Å²) in [6.07, 6.45) is 2.21. The number of halogens is 3. The molecule has 2 nitrogen and oxygen atoms in total. The molecule has 0 spiro atoms. The van der Waals surface area contributed by atoms with Crippen LogP contribution in [0.3, 0.4) is 0 Å². The fourth-order valence-electron chi connectivity index (χ4n) is 1.53. The lowest BCUT2D eigenvalue weighted by Gasteiger charge is -2.03. The second kappa shape index (κ2) is 5.23. The first-order valence-electron chi connectivity index (χ1n) is 5.14. The Morgan fingerprint density at radius 2 is 2.00 bits per heavy atom. The minimum atomic E-state index is -0.683. The van der Waals surface area contributed by atoms with Crippen LogP contribution >= 0.6 is 11.6 Å². The molecule has 1 heterocycles.